The molecule has 2 aromatic carbocycles. The average Bonchev–Trinajstić information content (AvgIpc) is 3.48. The Bertz CT molecular complexity index is 819. The van der Waals surface area contributed by atoms with Crippen LogP contribution in [0.2, 0.25) is 0 Å². The van der Waals surface area contributed by atoms with Gasteiger partial charge in [-0.3, -0.25) is 20.4 Å². The molecule has 0 bridgehead atoms. The normalized spacial score (nSPS) is 14.1. The number of benzene rings is 2. The number of hydrazine groups is 1. The van der Waals surface area contributed by atoms with Gasteiger partial charge in [0.05, 0.1) is 12.0 Å². The Balaban J connectivity index is 1.51. The fourth-order valence-electron chi connectivity index (χ4n) is 2.81. The van der Waals surface area contributed by atoms with E-state index in [1.165, 1.54) is 12.1 Å². The maximum Gasteiger partial charge on any atom is 0.276 e. The van der Waals surface area contributed by atoms with Gasteiger partial charge in [0.15, 0.2) is 18.1 Å². The van der Waals surface area contributed by atoms with Crippen molar-refractivity contribution in [2.45, 2.75) is 25.2 Å². The molecular weight excluding hydrogens is 351 g/mol. The van der Waals surface area contributed by atoms with Gasteiger partial charge in [0.2, 0.25) is 5.91 Å². The smallest absolute Gasteiger partial charge is 0.276 e. The van der Waals surface area contributed by atoms with Gasteiger partial charge in [0, 0.05) is 0 Å². The predicted molar refractivity (Wildman–Crippen MR) is 96.7 cm³/mol. The van der Waals surface area contributed by atoms with Crippen molar-refractivity contribution in [2.24, 2.45) is 0 Å². The van der Waals surface area contributed by atoms with Crippen molar-refractivity contribution in [1.82, 2.24) is 10.9 Å². The van der Waals surface area contributed by atoms with Crippen LogP contribution in [0, 0.1) is 5.82 Å². The van der Waals surface area contributed by atoms with Crippen LogP contribution in [-0.4, -0.2) is 25.0 Å². The van der Waals surface area contributed by atoms with Gasteiger partial charge in [-0.15, -0.1) is 0 Å². The quantitative estimate of drug-likeness (QED) is 0.732. The minimum absolute atomic E-state index is 0.270. The number of hydrogen-bond donors (Lipinski definition) is 2. The fraction of sp³-hybridized carbons (Fsp3) is 0.300. The Labute approximate surface area is 156 Å². The number of hydrogen-bond acceptors (Lipinski definition) is 4. The lowest BCUT2D eigenvalue weighted by atomic mass is 9.95. The molecule has 7 heteroatoms. The van der Waals surface area contributed by atoms with Crippen LogP contribution < -0.4 is 20.3 Å². The molecule has 27 heavy (non-hydrogen) atoms. The number of carbonyl (C=O) groups excluding carboxylic acids is 2. The van der Waals surface area contributed by atoms with Crippen molar-refractivity contribution >= 4 is 11.8 Å². The first kappa shape index (κ1) is 18.7. The summed E-state index contributed by atoms with van der Waals surface area (Å²) in [5, 5.41) is 0. The molecule has 0 saturated heterocycles. The first-order valence-electron chi connectivity index (χ1n) is 8.75. The summed E-state index contributed by atoms with van der Waals surface area (Å²) in [5.74, 6) is -0.176. The molecule has 0 heterocycles. The number of ether oxygens (including phenoxy) is 2. The van der Waals surface area contributed by atoms with E-state index >= 15 is 0 Å². The van der Waals surface area contributed by atoms with Crippen LogP contribution in [0.4, 0.5) is 4.39 Å². The lowest BCUT2D eigenvalue weighted by molar-refractivity contribution is -0.131. The van der Waals surface area contributed by atoms with Crippen molar-refractivity contribution in [1.29, 1.82) is 0 Å². The predicted octanol–water partition coefficient (Wildman–Crippen LogP) is 2.48. The SMILES string of the molecule is CCOc1ccccc1OCC(=O)NNC(=O)C1(c2ccc(F)cc2)CC1. The number of halogens is 1. The molecule has 0 aliphatic heterocycles. The average molecular weight is 372 g/mol. The molecule has 1 saturated carbocycles. The highest BCUT2D eigenvalue weighted by Gasteiger charge is 2.51. The summed E-state index contributed by atoms with van der Waals surface area (Å²) in [5.41, 5.74) is 4.81. The summed E-state index contributed by atoms with van der Waals surface area (Å²) in [4.78, 5) is 24.4. The van der Waals surface area contributed by atoms with Crippen LogP contribution in [0.5, 0.6) is 11.5 Å². The maximum atomic E-state index is 13.1. The van der Waals surface area contributed by atoms with Gasteiger partial charge in [-0.1, -0.05) is 24.3 Å². The molecule has 142 valence electrons. The molecule has 0 spiro atoms. The molecule has 3 rings (SSSR count). The number of para-hydroxylation sites is 2. The Morgan fingerprint density at radius 3 is 2.22 bits per heavy atom. The van der Waals surface area contributed by atoms with E-state index in [0.717, 1.165) is 5.56 Å². The largest absolute Gasteiger partial charge is 0.490 e. The topological polar surface area (TPSA) is 76.7 Å². The van der Waals surface area contributed by atoms with Crippen molar-refractivity contribution in [3.63, 3.8) is 0 Å². The van der Waals surface area contributed by atoms with Crippen LogP contribution in [0.1, 0.15) is 25.3 Å². The minimum Gasteiger partial charge on any atom is -0.490 e. The molecule has 2 aromatic rings. The maximum absolute atomic E-state index is 13.1. The molecule has 2 N–H and O–H groups in total. The van der Waals surface area contributed by atoms with E-state index in [1.807, 2.05) is 13.0 Å². The molecule has 1 aliphatic rings. The molecule has 0 unspecified atom stereocenters. The zero-order valence-corrected chi connectivity index (χ0v) is 15.0. The highest BCUT2D eigenvalue weighted by atomic mass is 19.1. The van der Waals surface area contributed by atoms with Crippen LogP contribution >= 0.6 is 0 Å². The van der Waals surface area contributed by atoms with Crippen LogP contribution in [0.3, 0.4) is 0 Å². The van der Waals surface area contributed by atoms with E-state index < -0.39 is 11.3 Å². The van der Waals surface area contributed by atoms with E-state index in [2.05, 4.69) is 10.9 Å². The van der Waals surface area contributed by atoms with E-state index in [4.69, 9.17) is 9.47 Å². The van der Waals surface area contributed by atoms with Crippen LogP contribution in [0.25, 0.3) is 0 Å². The van der Waals surface area contributed by atoms with Crippen molar-refractivity contribution in [3.8, 4) is 11.5 Å². The Morgan fingerprint density at radius 2 is 1.63 bits per heavy atom. The van der Waals surface area contributed by atoms with Gasteiger partial charge in [0.25, 0.3) is 5.91 Å². The summed E-state index contributed by atoms with van der Waals surface area (Å²) >= 11 is 0. The van der Waals surface area contributed by atoms with Crippen molar-refractivity contribution in [2.75, 3.05) is 13.2 Å². The third kappa shape index (κ3) is 4.36. The minimum atomic E-state index is -0.705. The molecule has 1 fully saturated rings. The zero-order valence-electron chi connectivity index (χ0n) is 15.0. The van der Waals surface area contributed by atoms with Gasteiger partial charge in [-0.2, -0.15) is 0 Å². The summed E-state index contributed by atoms with van der Waals surface area (Å²) in [6.45, 7) is 2.07. The number of nitrogens with one attached hydrogen (secondary N) is 2. The summed E-state index contributed by atoms with van der Waals surface area (Å²) in [6, 6.07) is 12.9. The molecule has 1 aliphatic carbocycles. The van der Waals surface area contributed by atoms with Crippen molar-refractivity contribution < 1.29 is 23.5 Å². The second kappa shape index (κ2) is 8.07. The lowest BCUT2D eigenvalue weighted by Gasteiger charge is -2.16. The van der Waals surface area contributed by atoms with Gasteiger partial charge in [0.1, 0.15) is 5.82 Å². The first-order chi connectivity index (χ1) is 13.0. The molecule has 0 atom stereocenters. The summed E-state index contributed by atoms with van der Waals surface area (Å²) in [7, 11) is 0. The second-order valence-corrected chi connectivity index (χ2v) is 6.26. The zero-order chi connectivity index (χ0) is 19.3. The summed E-state index contributed by atoms with van der Waals surface area (Å²) < 4.78 is 23.9. The summed E-state index contributed by atoms with van der Waals surface area (Å²) in [6.07, 6.45) is 1.30. The second-order valence-electron chi connectivity index (χ2n) is 6.26. The number of amides is 2. The molecule has 0 radical (unpaired) electrons. The standard InChI is InChI=1S/C20H21FN2O4/c1-2-26-16-5-3-4-6-17(16)27-13-18(24)22-23-19(25)20(11-12-20)14-7-9-15(21)10-8-14/h3-10H,2,11-13H2,1H3,(H,22,24)(H,23,25). The number of rotatable bonds is 7. The van der Waals surface area contributed by atoms with E-state index in [-0.39, 0.29) is 18.3 Å². The van der Waals surface area contributed by atoms with Gasteiger partial charge >= 0.3 is 0 Å². The number of carbonyl (C=O) groups is 2. The molecular formula is C20H21FN2O4. The monoisotopic (exact) mass is 372 g/mol. The van der Waals surface area contributed by atoms with Gasteiger partial charge < -0.3 is 9.47 Å². The van der Waals surface area contributed by atoms with Crippen molar-refractivity contribution in [3.05, 3.63) is 59.9 Å². The molecule has 2 amide bonds. The molecule has 6 nitrogen and oxygen atoms in total. The van der Waals surface area contributed by atoms with E-state index in [0.29, 0.717) is 30.9 Å². The third-order valence-corrected chi connectivity index (χ3v) is 4.40. The van der Waals surface area contributed by atoms with Gasteiger partial charge in [-0.25, -0.2) is 4.39 Å². The van der Waals surface area contributed by atoms with Gasteiger partial charge in [-0.05, 0) is 49.6 Å². The Hall–Kier alpha value is -3.09. The Morgan fingerprint density at radius 1 is 1.00 bits per heavy atom. The highest BCUT2D eigenvalue weighted by molar-refractivity contribution is 5.92. The fourth-order valence-corrected chi connectivity index (χ4v) is 2.81. The Kier molecular flexibility index (Phi) is 5.59. The van der Waals surface area contributed by atoms with E-state index in [1.54, 1.807) is 30.3 Å². The van der Waals surface area contributed by atoms with Crippen LogP contribution in [-0.2, 0) is 15.0 Å². The lowest BCUT2D eigenvalue weighted by Crippen LogP contribution is -2.48. The van der Waals surface area contributed by atoms with E-state index in [9.17, 15) is 14.0 Å². The molecule has 0 aromatic heterocycles. The van der Waals surface area contributed by atoms with Crippen LogP contribution in [0.15, 0.2) is 48.5 Å². The first-order valence-corrected chi connectivity index (χ1v) is 8.75. The highest BCUT2D eigenvalue weighted by Crippen LogP contribution is 2.48. The third-order valence-electron chi connectivity index (χ3n) is 4.40.